The average Bonchev–Trinajstić information content (AvgIpc) is 3.15. The van der Waals surface area contributed by atoms with E-state index in [1.54, 1.807) is 0 Å². The zero-order valence-electron chi connectivity index (χ0n) is 12.7. The maximum atomic E-state index is 3.76. The second kappa shape index (κ2) is 6.36. The number of hydrogen-bond acceptors (Lipinski definition) is 3. The summed E-state index contributed by atoms with van der Waals surface area (Å²) >= 11 is 0. The molecule has 3 unspecified atom stereocenters. The number of rotatable bonds is 6. The van der Waals surface area contributed by atoms with Gasteiger partial charge in [-0.05, 0) is 52.6 Å². The molecule has 1 N–H and O–H groups in total. The van der Waals surface area contributed by atoms with Gasteiger partial charge in [-0.1, -0.05) is 6.92 Å². The molecule has 1 heterocycles. The highest BCUT2D eigenvalue weighted by Gasteiger charge is 2.34. The van der Waals surface area contributed by atoms with Gasteiger partial charge in [-0.25, -0.2) is 0 Å². The van der Waals surface area contributed by atoms with E-state index in [1.807, 2.05) is 0 Å². The van der Waals surface area contributed by atoms with Gasteiger partial charge >= 0.3 is 0 Å². The predicted octanol–water partition coefficient (Wildman–Crippen LogP) is 1.79. The van der Waals surface area contributed by atoms with Crippen LogP contribution in [0, 0.1) is 5.92 Å². The van der Waals surface area contributed by atoms with Crippen molar-refractivity contribution in [1.29, 1.82) is 0 Å². The fourth-order valence-electron chi connectivity index (χ4n) is 3.15. The smallest absolute Gasteiger partial charge is 0.0223 e. The summed E-state index contributed by atoms with van der Waals surface area (Å²) in [6.45, 7) is 11.9. The summed E-state index contributed by atoms with van der Waals surface area (Å²) in [5.41, 5.74) is 0. The van der Waals surface area contributed by atoms with Gasteiger partial charge in [0.05, 0.1) is 0 Å². The molecule has 3 heteroatoms. The van der Waals surface area contributed by atoms with Gasteiger partial charge in [0.15, 0.2) is 0 Å². The molecule has 2 fully saturated rings. The van der Waals surface area contributed by atoms with Crippen molar-refractivity contribution in [3.8, 4) is 0 Å². The van der Waals surface area contributed by atoms with E-state index in [1.165, 1.54) is 45.4 Å². The first-order valence-electron chi connectivity index (χ1n) is 7.79. The summed E-state index contributed by atoms with van der Waals surface area (Å²) in [5, 5.41) is 3.76. The lowest BCUT2D eigenvalue weighted by Gasteiger charge is -2.43. The Balaban J connectivity index is 1.83. The quantitative estimate of drug-likeness (QED) is 0.778. The standard InChI is InChI=1S/C15H31N3/c1-5-8-16-15(14-6-7-14)11-18-9-12(2)17(4)13(3)10-18/h12-16H,5-11H2,1-4H3. The highest BCUT2D eigenvalue weighted by molar-refractivity contribution is 4.91. The van der Waals surface area contributed by atoms with Crippen molar-refractivity contribution in [3.63, 3.8) is 0 Å². The van der Waals surface area contributed by atoms with Crippen molar-refractivity contribution in [1.82, 2.24) is 15.1 Å². The van der Waals surface area contributed by atoms with Crippen molar-refractivity contribution < 1.29 is 0 Å². The van der Waals surface area contributed by atoms with Crippen LogP contribution in [0.15, 0.2) is 0 Å². The summed E-state index contributed by atoms with van der Waals surface area (Å²) in [4.78, 5) is 5.20. The van der Waals surface area contributed by atoms with Crippen LogP contribution in [0.5, 0.6) is 0 Å². The van der Waals surface area contributed by atoms with Crippen LogP contribution in [0.1, 0.15) is 40.0 Å². The van der Waals surface area contributed by atoms with E-state index in [2.05, 4.69) is 42.9 Å². The Morgan fingerprint density at radius 3 is 2.28 bits per heavy atom. The fourth-order valence-corrected chi connectivity index (χ4v) is 3.15. The molecule has 0 radical (unpaired) electrons. The number of nitrogens with zero attached hydrogens (tertiary/aromatic N) is 2. The summed E-state index contributed by atoms with van der Waals surface area (Å²) < 4.78 is 0. The Kier molecular flexibility index (Phi) is 5.05. The maximum Gasteiger partial charge on any atom is 0.0223 e. The molecule has 2 aliphatic rings. The third kappa shape index (κ3) is 3.69. The van der Waals surface area contributed by atoms with Crippen LogP contribution < -0.4 is 5.32 Å². The molecule has 106 valence electrons. The average molecular weight is 253 g/mol. The van der Waals surface area contributed by atoms with Crippen LogP contribution in [-0.2, 0) is 0 Å². The molecule has 1 saturated carbocycles. The highest BCUT2D eigenvalue weighted by atomic mass is 15.3. The molecule has 1 aliphatic carbocycles. The van der Waals surface area contributed by atoms with Crippen LogP contribution in [0.3, 0.4) is 0 Å². The largest absolute Gasteiger partial charge is 0.312 e. The highest BCUT2D eigenvalue weighted by Crippen LogP contribution is 2.33. The van der Waals surface area contributed by atoms with Crippen molar-refractivity contribution in [3.05, 3.63) is 0 Å². The maximum absolute atomic E-state index is 3.76. The molecule has 1 saturated heterocycles. The van der Waals surface area contributed by atoms with Crippen LogP contribution in [-0.4, -0.2) is 61.2 Å². The molecule has 1 aliphatic heterocycles. The molecule has 0 aromatic heterocycles. The van der Waals surface area contributed by atoms with E-state index in [-0.39, 0.29) is 0 Å². The number of hydrogen-bond donors (Lipinski definition) is 1. The molecule has 0 aromatic carbocycles. The Morgan fingerprint density at radius 2 is 1.78 bits per heavy atom. The van der Waals surface area contributed by atoms with Crippen LogP contribution >= 0.6 is 0 Å². The second-order valence-electron chi connectivity index (χ2n) is 6.48. The minimum Gasteiger partial charge on any atom is -0.312 e. The third-order valence-electron chi connectivity index (χ3n) is 4.74. The first kappa shape index (κ1) is 14.3. The van der Waals surface area contributed by atoms with Crippen molar-refractivity contribution in [2.75, 3.05) is 33.2 Å². The molecular weight excluding hydrogens is 222 g/mol. The van der Waals surface area contributed by atoms with E-state index < -0.39 is 0 Å². The minimum atomic E-state index is 0.694. The third-order valence-corrected chi connectivity index (χ3v) is 4.74. The molecule has 2 rings (SSSR count). The van der Waals surface area contributed by atoms with Gasteiger partial charge in [0.2, 0.25) is 0 Å². The molecular formula is C15H31N3. The Labute approximate surface area is 113 Å². The fraction of sp³-hybridized carbons (Fsp3) is 1.00. The lowest BCUT2D eigenvalue weighted by atomic mass is 10.1. The molecule has 3 atom stereocenters. The summed E-state index contributed by atoms with van der Waals surface area (Å²) in [5.74, 6) is 0.960. The summed E-state index contributed by atoms with van der Waals surface area (Å²) in [6, 6.07) is 2.13. The van der Waals surface area contributed by atoms with Gasteiger partial charge in [-0.2, -0.15) is 0 Å². The van der Waals surface area contributed by atoms with Gasteiger partial charge in [0.25, 0.3) is 0 Å². The predicted molar refractivity (Wildman–Crippen MR) is 77.9 cm³/mol. The van der Waals surface area contributed by atoms with E-state index in [0.29, 0.717) is 12.1 Å². The SMILES string of the molecule is CCCNC(CN1CC(C)N(C)C(C)C1)C1CC1. The van der Waals surface area contributed by atoms with Crippen molar-refractivity contribution in [2.24, 2.45) is 5.92 Å². The van der Waals surface area contributed by atoms with Crippen LogP contribution in [0.2, 0.25) is 0 Å². The first-order valence-corrected chi connectivity index (χ1v) is 7.79. The van der Waals surface area contributed by atoms with Gasteiger partial charge < -0.3 is 5.32 Å². The Bertz CT molecular complexity index is 240. The van der Waals surface area contributed by atoms with Crippen molar-refractivity contribution >= 4 is 0 Å². The Morgan fingerprint density at radius 1 is 1.17 bits per heavy atom. The number of piperazine rings is 1. The van der Waals surface area contributed by atoms with Gasteiger partial charge in [0, 0.05) is 37.8 Å². The molecule has 3 nitrogen and oxygen atoms in total. The lowest BCUT2D eigenvalue weighted by Crippen LogP contribution is -2.57. The lowest BCUT2D eigenvalue weighted by molar-refractivity contribution is 0.0527. The Hall–Kier alpha value is -0.120. The first-order chi connectivity index (χ1) is 8.61. The molecule has 0 spiro atoms. The zero-order valence-corrected chi connectivity index (χ0v) is 12.7. The molecule has 0 aromatic rings. The topological polar surface area (TPSA) is 18.5 Å². The minimum absolute atomic E-state index is 0.694. The van der Waals surface area contributed by atoms with E-state index in [9.17, 15) is 0 Å². The summed E-state index contributed by atoms with van der Waals surface area (Å²) in [7, 11) is 2.26. The van der Waals surface area contributed by atoms with E-state index in [0.717, 1.165) is 12.0 Å². The van der Waals surface area contributed by atoms with Crippen molar-refractivity contribution in [2.45, 2.75) is 58.2 Å². The summed E-state index contributed by atoms with van der Waals surface area (Å²) in [6.07, 6.45) is 4.14. The zero-order chi connectivity index (χ0) is 13.1. The number of likely N-dealkylation sites (N-methyl/N-ethyl adjacent to an activating group) is 1. The number of nitrogens with one attached hydrogen (secondary N) is 1. The van der Waals surface area contributed by atoms with E-state index in [4.69, 9.17) is 0 Å². The second-order valence-corrected chi connectivity index (χ2v) is 6.48. The molecule has 0 bridgehead atoms. The monoisotopic (exact) mass is 253 g/mol. The van der Waals surface area contributed by atoms with Gasteiger partial charge in [0.1, 0.15) is 0 Å². The van der Waals surface area contributed by atoms with E-state index >= 15 is 0 Å². The molecule has 0 amide bonds. The normalized spacial score (nSPS) is 32.7. The van der Waals surface area contributed by atoms with Gasteiger partial charge in [-0.15, -0.1) is 0 Å². The molecule has 18 heavy (non-hydrogen) atoms. The van der Waals surface area contributed by atoms with Gasteiger partial charge in [-0.3, -0.25) is 9.80 Å². The van der Waals surface area contributed by atoms with Crippen LogP contribution in [0.4, 0.5) is 0 Å². The van der Waals surface area contributed by atoms with Crippen LogP contribution in [0.25, 0.3) is 0 Å².